The van der Waals surface area contributed by atoms with Crippen molar-refractivity contribution in [2.45, 2.75) is 0 Å². The van der Waals surface area contributed by atoms with E-state index in [4.69, 9.17) is 9.47 Å². The Bertz CT molecular complexity index is 1280. The summed E-state index contributed by atoms with van der Waals surface area (Å²) in [6.45, 7) is 0.235. The van der Waals surface area contributed by atoms with E-state index in [0.29, 0.717) is 10.6 Å². The number of halogens is 1. The minimum absolute atomic E-state index is 0.235. The Morgan fingerprint density at radius 1 is 0.933 bits per heavy atom. The standard InChI is InChI=1S/C23H16FN3O2S/c24-18-9-7-17(8-10-18)20-14-30-23(27(20)19-4-2-1-3-5-19)26-25-13-16-6-11-21-22(12-16)29-15-28-21/h1-14H,15H2. The topological polar surface area (TPSA) is 48.1 Å². The van der Waals surface area contributed by atoms with Gasteiger partial charge in [-0.25, -0.2) is 4.39 Å². The van der Waals surface area contributed by atoms with Crippen molar-refractivity contribution in [2.24, 2.45) is 10.2 Å². The van der Waals surface area contributed by atoms with Gasteiger partial charge in [-0.15, -0.1) is 16.4 Å². The van der Waals surface area contributed by atoms with Gasteiger partial charge in [0, 0.05) is 11.1 Å². The largest absolute Gasteiger partial charge is 0.454 e. The number of para-hydroxylation sites is 1. The second kappa shape index (κ2) is 7.96. The zero-order chi connectivity index (χ0) is 20.3. The maximum absolute atomic E-state index is 13.4. The van der Waals surface area contributed by atoms with Crippen molar-refractivity contribution in [3.8, 4) is 28.4 Å². The molecule has 1 aromatic heterocycles. The third-order valence-corrected chi connectivity index (χ3v) is 5.43. The molecule has 0 saturated carbocycles. The summed E-state index contributed by atoms with van der Waals surface area (Å²) in [5, 5.41) is 10.7. The molecular weight excluding hydrogens is 401 g/mol. The Labute approximate surface area is 176 Å². The molecule has 0 spiro atoms. The smallest absolute Gasteiger partial charge is 0.231 e. The number of hydrogen-bond donors (Lipinski definition) is 0. The van der Waals surface area contributed by atoms with Crippen molar-refractivity contribution in [1.29, 1.82) is 0 Å². The summed E-state index contributed by atoms with van der Waals surface area (Å²) in [7, 11) is 0. The Morgan fingerprint density at radius 2 is 1.73 bits per heavy atom. The molecule has 5 nitrogen and oxygen atoms in total. The molecule has 0 unspecified atom stereocenters. The molecule has 0 amide bonds. The highest BCUT2D eigenvalue weighted by atomic mass is 32.1. The van der Waals surface area contributed by atoms with Crippen molar-refractivity contribution in [1.82, 2.24) is 4.57 Å². The molecule has 7 heteroatoms. The van der Waals surface area contributed by atoms with Crippen LogP contribution in [0.2, 0.25) is 0 Å². The molecule has 1 aliphatic heterocycles. The molecule has 2 heterocycles. The first-order valence-corrected chi connectivity index (χ1v) is 10.1. The fourth-order valence-electron chi connectivity index (χ4n) is 3.17. The highest BCUT2D eigenvalue weighted by molar-refractivity contribution is 7.07. The van der Waals surface area contributed by atoms with E-state index in [1.165, 1.54) is 23.5 Å². The van der Waals surface area contributed by atoms with Gasteiger partial charge < -0.3 is 9.47 Å². The van der Waals surface area contributed by atoms with Crippen LogP contribution in [0.4, 0.5) is 4.39 Å². The minimum Gasteiger partial charge on any atom is -0.454 e. The van der Waals surface area contributed by atoms with Gasteiger partial charge in [0.25, 0.3) is 0 Å². The van der Waals surface area contributed by atoms with Crippen LogP contribution in [0.25, 0.3) is 16.9 Å². The van der Waals surface area contributed by atoms with Crippen LogP contribution in [-0.4, -0.2) is 17.6 Å². The maximum atomic E-state index is 13.4. The van der Waals surface area contributed by atoms with Gasteiger partial charge in [0.05, 0.1) is 11.9 Å². The molecule has 4 aromatic rings. The summed E-state index contributed by atoms with van der Waals surface area (Å²) in [4.78, 5) is 0.706. The predicted octanol–water partition coefficient (Wildman–Crippen LogP) is 5.01. The van der Waals surface area contributed by atoms with E-state index >= 15 is 0 Å². The van der Waals surface area contributed by atoms with Crippen molar-refractivity contribution < 1.29 is 13.9 Å². The molecular formula is C23H16FN3O2S. The van der Waals surface area contributed by atoms with Crippen LogP contribution < -0.4 is 14.3 Å². The normalized spacial score (nSPS) is 13.3. The SMILES string of the molecule is Fc1ccc(-c2csc(=NN=Cc3ccc4c(c3)OCO4)n2-c2ccccc2)cc1. The van der Waals surface area contributed by atoms with Crippen LogP contribution in [-0.2, 0) is 0 Å². The Kier molecular flexibility index (Phi) is 4.86. The average Bonchev–Trinajstić information content (AvgIpc) is 3.42. The highest BCUT2D eigenvalue weighted by Crippen LogP contribution is 2.32. The van der Waals surface area contributed by atoms with Gasteiger partial charge in [0.15, 0.2) is 11.5 Å². The number of nitrogens with zero attached hydrogens (tertiary/aromatic N) is 3. The van der Waals surface area contributed by atoms with Gasteiger partial charge in [0.1, 0.15) is 5.82 Å². The van der Waals surface area contributed by atoms with E-state index in [1.54, 1.807) is 18.3 Å². The van der Waals surface area contributed by atoms with Crippen LogP contribution in [0, 0.1) is 5.82 Å². The van der Waals surface area contributed by atoms with E-state index in [-0.39, 0.29) is 12.6 Å². The number of fused-ring (bicyclic) bond motifs is 1. The van der Waals surface area contributed by atoms with E-state index in [9.17, 15) is 4.39 Å². The molecule has 0 saturated heterocycles. The molecule has 30 heavy (non-hydrogen) atoms. The Balaban J connectivity index is 1.55. The fraction of sp³-hybridized carbons (Fsp3) is 0.0435. The van der Waals surface area contributed by atoms with Crippen molar-refractivity contribution in [3.05, 3.63) is 94.4 Å². The van der Waals surface area contributed by atoms with E-state index in [2.05, 4.69) is 10.2 Å². The summed E-state index contributed by atoms with van der Waals surface area (Å²) < 4.78 is 26.1. The molecule has 1 aliphatic rings. The van der Waals surface area contributed by atoms with Crippen molar-refractivity contribution >= 4 is 17.6 Å². The van der Waals surface area contributed by atoms with Gasteiger partial charge in [0.2, 0.25) is 11.6 Å². The molecule has 148 valence electrons. The lowest BCUT2D eigenvalue weighted by Gasteiger charge is -2.08. The van der Waals surface area contributed by atoms with E-state index in [0.717, 1.165) is 28.3 Å². The highest BCUT2D eigenvalue weighted by Gasteiger charge is 2.13. The Morgan fingerprint density at radius 3 is 2.57 bits per heavy atom. The van der Waals surface area contributed by atoms with Crippen LogP contribution in [0.5, 0.6) is 11.5 Å². The number of hydrogen-bond acceptors (Lipinski definition) is 5. The zero-order valence-corrected chi connectivity index (χ0v) is 16.6. The third kappa shape index (κ3) is 3.62. The van der Waals surface area contributed by atoms with Gasteiger partial charge in [-0.1, -0.05) is 18.2 Å². The summed E-state index contributed by atoms with van der Waals surface area (Å²) in [6.07, 6.45) is 1.68. The molecule has 3 aromatic carbocycles. The number of ether oxygens (including phenoxy) is 2. The second-order valence-electron chi connectivity index (χ2n) is 6.54. The summed E-state index contributed by atoms with van der Waals surface area (Å²) >= 11 is 1.47. The predicted molar refractivity (Wildman–Crippen MR) is 115 cm³/mol. The van der Waals surface area contributed by atoms with Crippen LogP contribution >= 0.6 is 11.3 Å². The molecule has 0 bridgehead atoms. The average molecular weight is 417 g/mol. The third-order valence-electron chi connectivity index (χ3n) is 4.61. The lowest BCUT2D eigenvalue weighted by molar-refractivity contribution is 0.174. The zero-order valence-electron chi connectivity index (χ0n) is 15.7. The quantitative estimate of drug-likeness (QED) is 0.346. The first-order valence-electron chi connectivity index (χ1n) is 9.26. The summed E-state index contributed by atoms with van der Waals surface area (Å²) in [6, 6.07) is 21.9. The summed E-state index contributed by atoms with van der Waals surface area (Å²) in [5.41, 5.74) is 3.64. The van der Waals surface area contributed by atoms with Gasteiger partial charge in [-0.05, 0) is 65.7 Å². The Hall–Kier alpha value is -3.71. The van der Waals surface area contributed by atoms with Gasteiger partial charge in [-0.2, -0.15) is 5.10 Å². The van der Waals surface area contributed by atoms with Gasteiger partial charge >= 0.3 is 0 Å². The van der Waals surface area contributed by atoms with Gasteiger partial charge in [-0.3, -0.25) is 4.57 Å². The first kappa shape index (κ1) is 18.3. The number of thiazole rings is 1. The number of aromatic nitrogens is 1. The summed E-state index contributed by atoms with van der Waals surface area (Å²) in [5.74, 6) is 1.17. The molecule has 0 atom stereocenters. The minimum atomic E-state index is -0.265. The number of rotatable bonds is 4. The number of benzene rings is 3. The van der Waals surface area contributed by atoms with E-state index < -0.39 is 0 Å². The van der Waals surface area contributed by atoms with Crippen molar-refractivity contribution in [3.63, 3.8) is 0 Å². The lowest BCUT2D eigenvalue weighted by Crippen LogP contribution is -2.13. The first-order chi connectivity index (χ1) is 14.8. The van der Waals surface area contributed by atoms with E-state index in [1.807, 2.05) is 58.5 Å². The molecule has 0 fully saturated rings. The van der Waals surface area contributed by atoms with Crippen LogP contribution in [0.15, 0.2) is 88.4 Å². The second-order valence-corrected chi connectivity index (χ2v) is 7.38. The molecule has 0 radical (unpaired) electrons. The lowest BCUT2D eigenvalue weighted by atomic mass is 10.1. The monoisotopic (exact) mass is 417 g/mol. The fourth-order valence-corrected chi connectivity index (χ4v) is 4.03. The molecule has 5 rings (SSSR count). The van der Waals surface area contributed by atoms with Crippen molar-refractivity contribution in [2.75, 3.05) is 6.79 Å². The van der Waals surface area contributed by atoms with Crippen LogP contribution in [0.3, 0.4) is 0 Å². The molecule has 0 aliphatic carbocycles. The van der Waals surface area contributed by atoms with Crippen LogP contribution in [0.1, 0.15) is 5.56 Å². The maximum Gasteiger partial charge on any atom is 0.231 e. The molecule has 0 N–H and O–H groups in total.